The Labute approximate surface area is 67.2 Å². The van der Waals surface area contributed by atoms with Crippen LogP contribution in [0, 0.1) is 0 Å². The molecule has 0 aliphatic rings. The maximum absolute atomic E-state index is 8.65. The topological polar surface area (TPSA) is 20.2 Å². The van der Waals surface area contributed by atoms with E-state index in [0.29, 0.717) is 4.48 Å². The average Bonchev–Trinajstić information content (AvgIpc) is 1.67. The molecule has 0 radical (unpaired) electrons. The van der Waals surface area contributed by atoms with Gasteiger partial charge in [-0.15, -0.1) is 0 Å². The Balaban J connectivity index is 0. The Kier molecular flexibility index (Phi) is 6.56. The Morgan fingerprint density at radius 1 is 1.56 bits per heavy atom. The Morgan fingerprint density at radius 2 is 2.00 bits per heavy atom. The van der Waals surface area contributed by atoms with Gasteiger partial charge in [-0.25, -0.2) is 0 Å². The second kappa shape index (κ2) is 4.97. The van der Waals surface area contributed by atoms with Gasteiger partial charge in [0.05, 0.1) is 20.6 Å². The number of quaternary nitrogens is 1. The van der Waals surface area contributed by atoms with Crippen molar-refractivity contribution in [3.8, 4) is 0 Å². The lowest BCUT2D eigenvalue weighted by Crippen LogP contribution is -3.00. The third-order valence-corrected chi connectivity index (χ3v) is 1.01. The Hall–Kier alpha value is 0.140. The fourth-order valence-corrected chi connectivity index (χ4v) is 0.407. The lowest BCUT2D eigenvalue weighted by atomic mass is 10.5. The standard InChI is InChI=1S/C6H14NO.BrH/c1-4-5-7(2,3)6-8;/h4,8H,1,5-6H2,2-3H3;1H/q+1;/p-1. The van der Waals surface area contributed by atoms with Crippen molar-refractivity contribution in [3.63, 3.8) is 0 Å². The van der Waals surface area contributed by atoms with Gasteiger partial charge in [-0.1, -0.05) is 6.58 Å². The average molecular weight is 196 g/mol. The molecule has 56 valence electrons. The molecule has 1 N–H and O–H groups in total. The normalized spacial score (nSPS) is 10.1. The summed E-state index contributed by atoms with van der Waals surface area (Å²) >= 11 is 0. The second-order valence-corrected chi connectivity index (χ2v) is 2.55. The summed E-state index contributed by atoms with van der Waals surface area (Å²) in [4.78, 5) is 0. The fraction of sp³-hybridized carbons (Fsp3) is 0.667. The van der Waals surface area contributed by atoms with Gasteiger partial charge in [0.15, 0.2) is 6.73 Å². The second-order valence-electron chi connectivity index (χ2n) is 2.55. The molecule has 0 aromatic rings. The third-order valence-electron chi connectivity index (χ3n) is 1.01. The summed E-state index contributed by atoms with van der Waals surface area (Å²) in [6.45, 7) is 4.56. The van der Waals surface area contributed by atoms with E-state index in [9.17, 15) is 0 Å². The molecule has 0 heterocycles. The summed E-state index contributed by atoms with van der Waals surface area (Å²) in [6.07, 6.45) is 1.80. The lowest BCUT2D eigenvalue weighted by molar-refractivity contribution is -0.903. The van der Waals surface area contributed by atoms with Crippen molar-refractivity contribution in [1.82, 2.24) is 0 Å². The lowest BCUT2D eigenvalue weighted by Gasteiger charge is -2.24. The smallest absolute Gasteiger partial charge is 0.180 e. The highest BCUT2D eigenvalue weighted by Crippen LogP contribution is 1.91. The number of hydrogen-bond acceptors (Lipinski definition) is 1. The highest BCUT2D eigenvalue weighted by Gasteiger charge is 2.07. The predicted octanol–water partition coefficient (Wildman–Crippen LogP) is -2.80. The van der Waals surface area contributed by atoms with Crippen molar-refractivity contribution in [2.45, 2.75) is 0 Å². The minimum atomic E-state index is 0. The van der Waals surface area contributed by atoms with Gasteiger partial charge in [-0.2, -0.15) is 0 Å². The van der Waals surface area contributed by atoms with E-state index < -0.39 is 0 Å². The fourth-order valence-electron chi connectivity index (χ4n) is 0.407. The van der Waals surface area contributed by atoms with Crippen molar-refractivity contribution in [3.05, 3.63) is 12.7 Å². The molecule has 0 aromatic carbocycles. The molecule has 0 rings (SSSR count). The first kappa shape index (κ1) is 11.9. The van der Waals surface area contributed by atoms with Crippen LogP contribution in [0.4, 0.5) is 0 Å². The Bertz CT molecular complexity index is 83.1. The summed E-state index contributed by atoms with van der Waals surface area (Å²) in [7, 11) is 3.89. The van der Waals surface area contributed by atoms with Crippen molar-refractivity contribution in [2.75, 3.05) is 27.4 Å². The first-order valence-electron chi connectivity index (χ1n) is 2.66. The molecule has 0 unspecified atom stereocenters. The van der Waals surface area contributed by atoms with Crippen LogP contribution in [-0.2, 0) is 0 Å². The molecule has 0 aliphatic heterocycles. The highest BCUT2D eigenvalue weighted by molar-refractivity contribution is 4.63. The highest BCUT2D eigenvalue weighted by atomic mass is 79.9. The van der Waals surface area contributed by atoms with Gasteiger partial charge in [-0.3, -0.25) is 0 Å². The Morgan fingerprint density at radius 3 is 2.11 bits per heavy atom. The number of nitrogens with zero attached hydrogens (tertiary/aromatic N) is 1. The molecule has 0 saturated heterocycles. The summed E-state index contributed by atoms with van der Waals surface area (Å²) in [5.41, 5.74) is 0. The van der Waals surface area contributed by atoms with Gasteiger partial charge in [0.25, 0.3) is 0 Å². The van der Waals surface area contributed by atoms with Gasteiger partial charge in [0.1, 0.15) is 0 Å². The van der Waals surface area contributed by atoms with Gasteiger partial charge < -0.3 is 26.6 Å². The van der Waals surface area contributed by atoms with Gasteiger partial charge in [-0.05, 0) is 6.08 Å². The molecule has 2 nitrogen and oxygen atoms in total. The zero-order valence-electron chi connectivity index (χ0n) is 5.97. The number of rotatable bonds is 3. The third kappa shape index (κ3) is 6.02. The molecular formula is C6H14BrNO. The van der Waals surface area contributed by atoms with Crippen LogP contribution in [0.5, 0.6) is 0 Å². The van der Waals surface area contributed by atoms with Crippen molar-refractivity contribution in [1.29, 1.82) is 0 Å². The van der Waals surface area contributed by atoms with Gasteiger partial charge in [0, 0.05) is 0 Å². The first-order chi connectivity index (χ1) is 3.62. The van der Waals surface area contributed by atoms with Crippen LogP contribution in [0.15, 0.2) is 12.7 Å². The molecule has 3 heteroatoms. The van der Waals surface area contributed by atoms with E-state index in [0.717, 1.165) is 6.54 Å². The maximum Gasteiger partial charge on any atom is 0.180 e. The number of hydrogen-bond donors (Lipinski definition) is 1. The molecule has 0 fully saturated rings. The summed E-state index contributed by atoms with van der Waals surface area (Å²) < 4.78 is 0.601. The number of aliphatic hydroxyl groups excluding tert-OH is 1. The van der Waals surface area contributed by atoms with E-state index in [4.69, 9.17) is 5.11 Å². The van der Waals surface area contributed by atoms with Crippen LogP contribution in [-0.4, -0.2) is 37.0 Å². The number of halogens is 1. The van der Waals surface area contributed by atoms with Gasteiger partial charge >= 0.3 is 0 Å². The summed E-state index contributed by atoms with van der Waals surface area (Å²) in [6, 6.07) is 0. The number of aliphatic hydroxyl groups is 1. The van der Waals surface area contributed by atoms with Crippen molar-refractivity contribution < 1.29 is 26.6 Å². The molecular weight excluding hydrogens is 182 g/mol. The predicted molar refractivity (Wildman–Crippen MR) is 34.3 cm³/mol. The molecule has 0 bridgehead atoms. The van der Waals surface area contributed by atoms with E-state index in [1.165, 1.54) is 0 Å². The van der Waals surface area contributed by atoms with Crippen molar-refractivity contribution in [2.24, 2.45) is 0 Å². The van der Waals surface area contributed by atoms with E-state index >= 15 is 0 Å². The molecule has 0 aliphatic carbocycles. The summed E-state index contributed by atoms with van der Waals surface area (Å²) in [5, 5.41) is 8.65. The SMILES string of the molecule is C=CC[N+](C)(C)CO.[Br-]. The zero-order chi connectivity index (χ0) is 6.62. The maximum atomic E-state index is 8.65. The van der Waals surface area contributed by atoms with E-state index in [2.05, 4.69) is 6.58 Å². The molecule has 0 saturated carbocycles. The van der Waals surface area contributed by atoms with Gasteiger partial charge in [0.2, 0.25) is 0 Å². The van der Waals surface area contributed by atoms with E-state index in [1.54, 1.807) is 6.08 Å². The molecule has 0 spiro atoms. The number of likely N-dealkylation sites (N-methyl/N-ethyl adjacent to an activating group) is 1. The zero-order valence-corrected chi connectivity index (χ0v) is 7.56. The van der Waals surface area contributed by atoms with Crippen LogP contribution in [0.3, 0.4) is 0 Å². The molecule has 9 heavy (non-hydrogen) atoms. The largest absolute Gasteiger partial charge is 1.00 e. The minimum Gasteiger partial charge on any atom is -1.00 e. The monoisotopic (exact) mass is 195 g/mol. The van der Waals surface area contributed by atoms with Crippen LogP contribution in [0.1, 0.15) is 0 Å². The van der Waals surface area contributed by atoms with Crippen LogP contribution in [0.25, 0.3) is 0 Å². The minimum absolute atomic E-state index is 0. The van der Waals surface area contributed by atoms with E-state index in [1.807, 2.05) is 14.1 Å². The first-order valence-corrected chi connectivity index (χ1v) is 2.66. The van der Waals surface area contributed by atoms with Crippen LogP contribution >= 0.6 is 0 Å². The summed E-state index contributed by atoms with van der Waals surface area (Å²) in [5.74, 6) is 0. The molecule has 0 amide bonds. The quantitative estimate of drug-likeness (QED) is 0.294. The molecule has 0 aromatic heterocycles. The van der Waals surface area contributed by atoms with Crippen LogP contribution in [0.2, 0.25) is 0 Å². The van der Waals surface area contributed by atoms with Crippen LogP contribution < -0.4 is 17.0 Å². The van der Waals surface area contributed by atoms with E-state index in [-0.39, 0.29) is 23.7 Å². The molecule has 0 atom stereocenters. The van der Waals surface area contributed by atoms with Crippen molar-refractivity contribution >= 4 is 0 Å².